The van der Waals surface area contributed by atoms with Crippen LogP contribution in [0.5, 0.6) is 0 Å². The lowest BCUT2D eigenvalue weighted by Gasteiger charge is -2.32. The summed E-state index contributed by atoms with van der Waals surface area (Å²) in [5, 5.41) is 7.58. The molecule has 2 aliphatic heterocycles. The zero-order valence-corrected chi connectivity index (χ0v) is 13.1. The summed E-state index contributed by atoms with van der Waals surface area (Å²) in [4.78, 5) is 21.3. The minimum atomic E-state index is -4.57. The number of carbonyl (C=O) groups is 1. The summed E-state index contributed by atoms with van der Waals surface area (Å²) in [5.74, 6) is -0.786. The van der Waals surface area contributed by atoms with Gasteiger partial charge in [0.25, 0.3) is 5.91 Å². The Hall–Kier alpha value is -3.30. The molecule has 1 amide bonds. The molecule has 0 aliphatic carbocycles. The summed E-state index contributed by atoms with van der Waals surface area (Å²) in [6, 6.07) is 2.30. The summed E-state index contributed by atoms with van der Waals surface area (Å²) < 4.78 is 39.1. The van der Waals surface area contributed by atoms with Crippen LogP contribution in [0.25, 0.3) is 11.1 Å². The third kappa shape index (κ3) is 2.59. The van der Waals surface area contributed by atoms with E-state index in [2.05, 4.69) is 20.2 Å². The highest BCUT2D eigenvalue weighted by Crippen LogP contribution is 2.43. The monoisotopic (exact) mass is 360 g/mol. The molecule has 1 atom stereocenters. The van der Waals surface area contributed by atoms with Gasteiger partial charge in [0.05, 0.1) is 35.0 Å². The number of azo groups is 1. The molecule has 10 heteroatoms. The van der Waals surface area contributed by atoms with Crippen LogP contribution >= 0.6 is 0 Å². The van der Waals surface area contributed by atoms with E-state index in [4.69, 9.17) is 5.73 Å². The van der Waals surface area contributed by atoms with Gasteiger partial charge < -0.3 is 5.73 Å². The van der Waals surface area contributed by atoms with E-state index in [1.807, 2.05) is 0 Å². The highest BCUT2D eigenvalue weighted by atomic mass is 19.4. The molecule has 2 aromatic heterocycles. The van der Waals surface area contributed by atoms with Gasteiger partial charge in [0.2, 0.25) is 0 Å². The fourth-order valence-corrected chi connectivity index (χ4v) is 2.98. The van der Waals surface area contributed by atoms with Crippen molar-refractivity contribution in [3.8, 4) is 11.1 Å². The molecule has 0 saturated carbocycles. The molecule has 1 unspecified atom stereocenters. The van der Waals surface area contributed by atoms with Crippen LogP contribution in [0.1, 0.15) is 11.7 Å². The van der Waals surface area contributed by atoms with E-state index in [0.29, 0.717) is 21.7 Å². The Morgan fingerprint density at radius 1 is 1.27 bits per heavy atom. The molecule has 0 radical (unpaired) electrons. The Bertz CT molecular complexity index is 969. The highest BCUT2D eigenvalue weighted by Gasteiger charge is 2.43. The number of nitrogen functional groups attached to an aromatic ring is 1. The SMILES string of the molecule is Nc1cnccc1-c1cnc2c(c1)N(CC(F)(F)F)C(=O)C1=CN=NC12. The Morgan fingerprint density at radius 3 is 2.81 bits per heavy atom. The van der Waals surface area contributed by atoms with Crippen LogP contribution in [0.2, 0.25) is 0 Å². The van der Waals surface area contributed by atoms with Crippen LogP contribution in [-0.2, 0) is 4.79 Å². The standard InChI is InChI=1S/C16H11F3N6O/c17-16(18,19)7-25-12-3-8(9-1-2-21-6-11(9)20)4-22-14(12)13-10(15(25)26)5-23-24-13/h1-6,13H,7,20H2. The lowest BCUT2D eigenvalue weighted by molar-refractivity contribution is -0.130. The first-order chi connectivity index (χ1) is 12.3. The molecule has 4 rings (SSSR count). The summed E-state index contributed by atoms with van der Waals surface area (Å²) in [6.45, 7) is -1.43. The predicted molar refractivity (Wildman–Crippen MR) is 86.0 cm³/mol. The molecule has 0 spiro atoms. The Morgan fingerprint density at radius 2 is 2.08 bits per heavy atom. The maximum absolute atomic E-state index is 13.0. The molecule has 0 aromatic carbocycles. The maximum atomic E-state index is 13.0. The average molecular weight is 360 g/mol. The average Bonchev–Trinajstić information content (AvgIpc) is 3.08. The van der Waals surface area contributed by atoms with Crippen molar-refractivity contribution in [3.05, 3.63) is 48.2 Å². The van der Waals surface area contributed by atoms with Gasteiger partial charge in [-0.05, 0) is 12.1 Å². The van der Waals surface area contributed by atoms with E-state index in [9.17, 15) is 18.0 Å². The Balaban J connectivity index is 1.88. The number of amides is 1. The van der Waals surface area contributed by atoms with Gasteiger partial charge in [-0.15, -0.1) is 0 Å². The number of alkyl halides is 3. The molecule has 0 bridgehead atoms. The van der Waals surface area contributed by atoms with E-state index < -0.39 is 24.7 Å². The van der Waals surface area contributed by atoms with Crippen molar-refractivity contribution in [2.24, 2.45) is 10.2 Å². The number of hydrogen-bond acceptors (Lipinski definition) is 6. The van der Waals surface area contributed by atoms with Crippen LogP contribution in [-0.4, -0.2) is 28.6 Å². The maximum Gasteiger partial charge on any atom is 0.406 e. The number of fused-ring (bicyclic) bond motifs is 3. The Labute approximate surface area is 145 Å². The molecule has 7 nitrogen and oxygen atoms in total. The lowest BCUT2D eigenvalue weighted by atomic mass is 9.95. The van der Waals surface area contributed by atoms with Gasteiger partial charge in [0, 0.05) is 23.5 Å². The number of rotatable bonds is 2. The first-order valence-corrected chi connectivity index (χ1v) is 7.53. The number of nitrogens with zero attached hydrogens (tertiary/aromatic N) is 5. The quantitative estimate of drug-likeness (QED) is 0.890. The first-order valence-electron chi connectivity index (χ1n) is 7.53. The summed E-state index contributed by atoms with van der Waals surface area (Å²) in [7, 11) is 0. The topological polar surface area (TPSA) is 96.8 Å². The molecular formula is C16H11F3N6O. The van der Waals surface area contributed by atoms with Gasteiger partial charge in [0.15, 0.2) is 0 Å². The molecule has 2 aromatic rings. The molecular weight excluding hydrogens is 349 g/mol. The smallest absolute Gasteiger partial charge is 0.397 e. The molecule has 2 N–H and O–H groups in total. The van der Waals surface area contributed by atoms with Crippen molar-refractivity contribution in [2.75, 3.05) is 17.2 Å². The van der Waals surface area contributed by atoms with Crippen molar-refractivity contribution in [3.63, 3.8) is 0 Å². The minimum absolute atomic E-state index is 0.0454. The number of aromatic nitrogens is 2. The summed E-state index contributed by atoms with van der Waals surface area (Å²) >= 11 is 0. The second kappa shape index (κ2) is 5.61. The number of hydrogen-bond donors (Lipinski definition) is 1. The summed E-state index contributed by atoms with van der Waals surface area (Å²) in [6.07, 6.45) is 1.03. The number of halogens is 3. The van der Waals surface area contributed by atoms with Crippen molar-refractivity contribution in [1.82, 2.24) is 9.97 Å². The van der Waals surface area contributed by atoms with E-state index in [1.165, 1.54) is 30.9 Å². The molecule has 26 heavy (non-hydrogen) atoms. The first kappa shape index (κ1) is 16.2. The number of anilines is 2. The Kier molecular flexibility index (Phi) is 3.49. The van der Waals surface area contributed by atoms with Gasteiger partial charge in [-0.2, -0.15) is 23.4 Å². The van der Waals surface area contributed by atoms with Gasteiger partial charge in [-0.25, -0.2) is 0 Å². The van der Waals surface area contributed by atoms with Gasteiger partial charge in [0.1, 0.15) is 12.6 Å². The minimum Gasteiger partial charge on any atom is -0.397 e. The molecule has 0 saturated heterocycles. The molecule has 4 heterocycles. The van der Waals surface area contributed by atoms with Crippen LogP contribution < -0.4 is 10.6 Å². The second-order valence-electron chi connectivity index (χ2n) is 5.82. The zero-order chi connectivity index (χ0) is 18.5. The normalized spacial score (nSPS) is 18.6. The van der Waals surface area contributed by atoms with Crippen LogP contribution in [0.15, 0.2) is 52.7 Å². The fraction of sp³-hybridized carbons (Fsp3) is 0.188. The third-order valence-electron chi connectivity index (χ3n) is 4.11. The van der Waals surface area contributed by atoms with Gasteiger partial charge >= 0.3 is 6.18 Å². The van der Waals surface area contributed by atoms with E-state index in [-0.39, 0.29) is 17.0 Å². The number of pyridine rings is 2. The van der Waals surface area contributed by atoms with E-state index in [1.54, 1.807) is 6.07 Å². The van der Waals surface area contributed by atoms with Crippen LogP contribution in [0, 0.1) is 0 Å². The number of carbonyl (C=O) groups excluding carboxylic acids is 1. The second-order valence-corrected chi connectivity index (χ2v) is 5.82. The summed E-state index contributed by atoms with van der Waals surface area (Å²) in [5.41, 5.74) is 7.64. The zero-order valence-electron chi connectivity index (χ0n) is 13.1. The molecule has 0 fully saturated rings. The predicted octanol–water partition coefficient (Wildman–Crippen LogP) is 3.03. The van der Waals surface area contributed by atoms with Crippen molar-refractivity contribution >= 4 is 17.3 Å². The highest BCUT2D eigenvalue weighted by molar-refractivity contribution is 6.10. The molecule has 2 aliphatic rings. The van der Waals surface area contributed by atoms with E-state index in [0.717, 1.165) is 0 Å². The van der Waals surface area contributed by atoms with Crippen molar-refractivity contribution in [1.29, 1.82) is 0 Å². The number of nitrogens with two attached hydrogens (primary N) is 1. The van der Waals surface area contributed by atoms with Crippen LogP contribution in [0.4, 0.5) is 24.5 Å². The molecule has 132 valence electrons. The van der Waals surface area contributed by atoms with Crippen molar-refractivity contribution in [2.45, 2.75) is 12.2 Å². The van der Waals surface area contributed by atoms with Crippen molar-refractivity contribution < 1.29 is 18.0 Å². The third-order valence-corrected chi connectivity index (χ3v) is 4.11. The fourth-order valence-electron chi connectivity index (χ4n) is 2.98. The van der Waals surface area contributed by atoms with Gasteiger partial charge in [-0.3, -0.25) is 19.7 Å². The largest absolute Gasteiger partial charge is 0.406 e. The van der Waals surface area contributed by atoms with Crippen LogP contribution in [0.3, 0.4) is 0 Å². The lowest BCUT2D eigenvalue weighted by Crippen LogP contribution is -2.43. The van der Waals surface area contributed by atoms with E-state index >= 15 is 0 Å². The van der Waals surface area contributed by atoms with Gasteiger partial charge in [-0.1, -0.05) is 0 Å².